The zero-order valence-electron chi connectivity index (χ0n) is 12.8. The van der Waals surface area contributed by atoms with Gasteiger partial charge in [0.2, 0.25) is 10.0 Å². The van der Waals surface area contributed by atoms with Crippen LogP contribution in [0.3, 0.4) is 0 Å². The zero-order valence-corrected chi connectivity index (χ0v) is 13.6. The largest absolute Gasteiger partial charge is 0.338 e. The summed E-state index contributed by atoms with van der Waals surface area (Å²) in [7, 11) is -3.14. The number of likely N-dealkylation sites (tertiary alicyclic amines) is 1. The maximum atomic E-state index is 12.0. The Morgan fingerprint density at radius 3 is 2.24 bits per heavy atom. The Balaban J connectivity index is 1.61. The van der Waals surface area contributed by atoms with Gasteiger partial charge in [0.05, 0.1) is 6.26 Å². The molecular formula is C13H26N4O3S. The normalized spacial score (nSPS) is 21.7. The van der Waals surface area contributed by atoms with E-state index in [0.717, 1.165) is 13.0 Å². The average molecular weight is 318 g/mol. The quantitative estimate of drug-likeness (QED) is 0.710. The Labute approximate surface area is 127 Å². The third kappa shape index (κ3) is 5.12. The molecule has 0 aliphatic carbocycles. The SMILES string of the molecule is CS(=O)(=O)N1CCN(C(=O)NCCCN2CCCC2)CC1. The van der Waals surface area contributed by atoms with E-state index in [4.69, 9.17) is 0 Å². The second-order valence-corrected chi connectivity index (χ2v) is 7.77. The van der Waals surface area contributed by atoms with Gasteiger partial charge < -0.3 is 15.1 Å². The summed E-state index contributed by atoms with van der Waals surface area (Å²) < 4.78 is 24.2. The number of rotatable bonds is 5. The molecule has 0 saturated carbocycles. The molecule has 2 aliphatic rings. The van der Waals surface area contributed by atoms with E-state index in [1.807, 2.05) is 0 Å². The molecule has 0 radical (unpaired) electrons. The van der Waals surface area contributed by atoms with Gasteiger partial charge in [0.1, 0.15) is 0 Å². The first kappa shape index (κ1) is 16.5. The summed E-state index contributed by atoms with van der Waals surface area (Å²) >= 11 is 0. The summed E-state index contributed by atoms with van der Waals surface area (Å²) in [5, 5.41) is 2.92. The second-order valence-electron chi connectivity index (χ2n) is 5.78. The van der Waals surface area contributed by atoms with E-state index in [1.54, 1.807) is 4.90 Å². The Hall–Kier alpha value is -0.860. The predicted octanol–water partition coefficient (Wildman–Crippen LogP) is -0.241. The molecule has 2 saturated heterocycles. The fourth-order valence-corrected chi connectivity index (χ4v) is 3.67. The number of hydrogen-bond donors (Lipinski definition) is 1. The summed E-state index contributed by atoms with van der Waals surface area (Å²) in [6.45, 7) is 5.79. The molecule has 0 unspecified atom stereocenters. The zero-order chi connectivity index (χ0) is 15.3. The van der Waals surface area contributed by atoms with Gasteiger partial charge in [0.15, 0.2) is 0 Å². The Morgan fingerprint density at radius 2 is 1.67 bits per heavy atom. The van der Waals surface area contributed by atoms with E-state index >= 15 is 0 Å². The van der Waals surface area contributed by atoms with Crippen molar-refractivity contribution in [2.75, 3.05) is 58.6 Å². The topological polar surface area (TPSA) is 73.0 Å². The van der Waals surface area contributed by atoms with E-state index in [0.29, 0.717) is 32.7 Å². The van der Waals surface area contributed by atoms with Crippen LogP contribution in [0.15, 0.2) is 0 Å². The molecule has 2 heterocycles. The molecule has 2 rings (SSSR count). The number of sulfonamides is 1. The number of nitrogens with zero attached hydrogens (tertiary/aromatic N) is 3. The van der Waals surface area contributed by atoms with Crippen molar-refractivity contribution in [2.45, 2.75) is 19.3 Å². The van der Waals surface area contributed by atoms with Crippen molar-refractivity contribution in [2.24, 2.45) is 0 Å². The number of amides is 2. The molecular weight excluding hydrogens is 292 g/mol. The molecule has 1 N–H and O–H groups in total. The molecule has 0 aromatic rings. The first-order valence-electron chi connectivity index (χ1n) is 7.67. The van der Waals surface area contributed by atoms with Gasteiger partial charge in [-0.25, -0.2) is 13.2 Å². The number of carbonyl (C=O) groups excluding carboxylic acids is 1. The van der Waals surface area contributed by atoms with Crippen molar-refractivity contribution < 1.29 is 13.2 Å². The molecule has 8 heteroatoms. The van der Waals surface area contributed by atoms with Crippen molar-refractivity contribution in [3.8, 4) is 0 Å². The highest BCUT2D eigenvalue weighted by molar-refractivity contribution is 7.88. The highest BCUT2D eigenvalue weighted by Crippen LogP contribution is 2.08. The molecule has 7 nitrogen and oxygen atoms in total. The minimum absolute atomic E-state index is 0.0791. The molecule has 2 aliphatic heterocycles. The maximum absolute atomic E-state index is 12.0. The molecule has 0 bridgehead atoms. The van der Waals surface area contributed by atoms with Crippen molar-refractivity contribution in [3.63, 3.8) is 0 Å². The summed E-state index contributed by atoms with van der Waals surface area (Å²) in [5.41, 5.74) is 0. The smallest absolute Gasteiger partial charge is 0.317 e. The number of carbonyl (C=O) groups is 1. The predicted molar refractivity (Wildman–Crippen MR) is 81.7 cm³/mol. The van der Waals surface area contributed by atoms with Crippen LogP contribution >= 0.6 is 0 Å². The maximum Gasteiger partial charge on any atom is 0.317 e. The molecule has 122 valence electrons. The van der Waals surface area contributed by atoms with Crippen LogP contribution in [-0.2, 0) is 10.0 Å². The van der Waals surface area contributed by atoms with Crippen LogP contribution < -0.4 is 5.32 Å². The number of hydrogen-bond acceptors (Lipinski definition) is 4. The molecule has 0 aromatic carbocycles. The van der Waals surface area contributed by atoms with Gasteiger partial charge in [-0.15, -0.1) is 0 Å². The summed E-state index contributed by atoms with van der Waals surface area (Å²) in [4.78, 5) is 16.1. The first-order chi connectivity index (χ1) is 9.97. The van der Waals surface area contributed by atoms with Crippen molar-refractivity contribution in [1.29, 1.82) is 0 Å². The Bertz CT molecular complexity index is 440. The van der Waals surface area contributed by atoms with E-state index in [1.165, 1.54) is 36.5 Å². The summed E-state index contributed by atoms with van der Waals surface area (Å²) in [5.74, 6) is 0. The van der Waals surface area contributed by atoms with Crippen LogP contribution in [0.5, 0.6) is 0 Å². The van der Waals surface area contributed by atoms with E-state index < -0.39 is 10.0 Å². The summed E-state index contributed by atoms with van der Waals surface area (Å²) in [6.07, 6.45) is 4.75. The third-order valence-corrected chi connectivity index (χ3v) is 5.42. The number of urea groups is 1. The van der Waals surface area contributed by atoms with Gasteiger partial charge in [-0.1, -0.05) is 0 Å². The minimum atomic E-state index is -3.14. The van der Waals surface area contributed by atoms with Crippen molar-refractivity contribution in [3.05, 3.63) is 0 Å². The fourth-order valence-electron chi connectivity index (χ4n) is 2.84. The minimum Gasteiger partial charge on any atom is -0.338 e. The number of nitrogens with one attached hydrogen (secondary N) is 1. The third-order valence-electron chi connectivity index (χ3n) is 4.12. The van der Waals surface area contributed by atoms with Gasteiger partial charge in [0, 0.05) is 32.7 Å². The van der Waals surface area contributed by atoms with Gasteiger partial charge in [-0.2, -0.15) is 4.31 Å². The first-order valence-corrected chi connectivity index (χ1v) is 9.52. The Morgan fingerprint density at radius 1 is 1.05 bits per heavy atom. The molecule has 0 aromatic heterocycles. The highest BCUT2D eigenvalue weighted by Gasteiger charge is 2.25. The molecule has 0 spiro atoms. The second kappa shape index (κ2) is 7.42. The van der Waals surface area contributed by atoms with Gasteiger partial charge in [0.25, 0.3) is 0 Å². The lowest BCUT2D eigenvalue weighted by Crippen LogP contribution is -2.53. The van der Waals surface area contributed by atoms with E-state index in [9.17, 15) is 13.2 Å². The van der Waals surface area contributed by atoms with Crippen LogP contribution in [-0.4, -0.2) is 87.2 Å². The monoisotopic (exact) mass is 318 g/mol. The van der Waals surface area contributed by atoms with Crippen LogP contribution in [0.1, 0.15) is 19.3 Å². The van der Waals surface area contributed by atoms with Crippen LogP contribution in [0, 0.1) is 0 Å². The van der Waals surface area contributed by atoms with E-state index in [2.05, 4.69) is 10.2 Å². The molecule has 0 atom stereocenters. The fraction of sp³-hybridized carbons (Fsp3) is 0.923. The molecule has 21 heavy (non-hydrogen) atoms. The van der Waals surface area contributed by atoms with Gasteiger partial charge in [-0.3, -0.25) is 0 Å². The van der Waals surface area contributed by atoms with Crippen LogP contribution in [0.4, 0.5) is 4.79 Å². The molecule has 2 fully saturated rings. The van der Waals surface area contributed by atoms with E-state index in [-0.39, 0.29) is 6.03 Å². The lowest BCUT2D eigenvalue weighted by Gasteiger charge is -2.33. The highest BCUT2D eigenvalue weighted by atomic mass is 32.2. The van der Waals surface area contributed by atoms with Gasteiger partial charge >= 0.3 is 6.03 Å². The lowest BCUT2D eigenvalue weighted by molar-refractivity contribution is 0.172. The Kier molecular flexibility index (Phi) is 5.83. The van der Waals surface area contributed by atoms with Crippen molar-refractivity contribution >= 4 is 16.1 Å². The van der Waals surface area contributed by atoms with Crippen LogP contribution in [0.2, 0.25) is 0 Å². The molecule has 2 amide bonds. The van der Waals surface area contributed by atoms with Crippen LogP contribution in [0.25, 0.3) is 0 Å². The number of piperazine rings is 1. The standard InChI is InChI=1S/C13H26N4O3S/c1-21(19,20)17-11-9-16(10-12-17)13(18)14-5-4-8-15-6-2-3-7-15/h2-12H2,1H3,(H,14,18). The summed E-state index contributed by atoms with van der Waals surface area (Å²) in [6, 6.07) is -0.0791. The average Bonchev–Trinajstić information content (AvgIpc) is 2.96. The lowest BCUT2D eigenvalue weighted by atomic mass is 10.3. The van der Waals surface area contributed by atoms with Gasteiger partial charge in [-0.05, 0) is 38.9 Å². The van der Waals surface area contributed by atoms with Crippen molar-refractivity contribution in [1.82, 2.24) is 19.4 Å².